The van der Waals surface area contributed by atoms with Crippen LogP contribution in [-0.2, 0) is 25.5 Å². The Labute approximate surface area is 235 Å². The van der Waals surface area contributed by atoms with Gasteiger partial charge in [-0.3, -0.25) is 14.5 Å². The summed E-state index contributed by atoms with van der Waals surface area (Å²) >= 11 is 13.7. The number of amides is 3. The monoisotopic (exact) mass is 581 g/mol. The molecule has 9 nitrogen and oxygen atoms in total. The molecule has 3 amide bonds. The number of methoxy groups -OCH3 is 1. The lowest BCUT2D eigenvalue weighted by atomic mass is 9.99. The highest BCUT2D eigenvalue weighted by atomic mass is 35.5. The molecule has 0 bridgehead atoms. The number of nitrogens with one attached hydrogen (secondary N) is 2. The van der Waals surface area contributed by atoms with Gasteiger partial charge < -0.3 is 20.1 Å². The van der Waals surface area contributed by atoms with Gasteiger partial charge in [-0.25, -0.2) is 9.59 Å². The number of rotatable bonds is 8. The van der Waals surface area contributed by atoms with E-state index in [2.05, 4.69) is 10.6 Å². The first-order valence-corrected chi connectivity index (χ1v) is 13.5. The molecule has 1 fully saturated rings. The van der Waals surface area contributed by atoms with Crippen molar-refractivity contribution in [3.05, 3.63) is 63.6 Å². The molecule has 1 saturated heterocycles. The number of thioether (sulfide) groups is 1. The Kier molecular flexibility index (Phi) is 9.92. The summed E-state index contributed by atoms with van der Waals surface area (Å²) in [6.07, 6.45) is -0.459. The normalized spacial score (nSPS) is 16.9. The van der Waals surface area contributed by atoms with Gasteiger partial charge in [0.1, 0.15) is 12.1 Å². The fourth-order valence-corrected chi connectivity index (χ4v) is 5.73. The molecule has 3 rings (SSSR count). The van der Waals surface area contributed by atoms with Crippen LogP contribution in [0.5, 0.6) is 0 Å². The molecule has 0 spiro atoms. The van der Waals surface area contributed by atoms with Gasteiger partial charge in [0.2, 0.25) is 5.91 Å². The highest BCUT2D eigenvalue weighted by Gasteiger charge is 2.49. The first kappa shape index (κ1) is 29.6. The van der Waals surface area contributed by atoms with E-state index in [1.807, 2.05) is 13.8 Å². The van der Waals surface area contributed by atoms with Crippen LogP contribution in [0.1, 0.15) is 36.7 Å². The van der Waals surface area contributed by atoms with E-state index in [4.69, 9.17) is 32.7 Å². The van der Waals surface area contributed by atoms with Gasteiger partial charge >= 0.3 is 12.1 Å². The van der Waals surface area contributed by atoms with Crippen LogP contribution in [0.15, 0.2) is 42.5 Å². The van der Waals surface area contributed by atoms with Crippen LogP contribution in [-0.4, -0.2) is 65.2 Å². The minimum Gasteiger partial charge on any atom is -0.467 e. The zero-order chi connectivity index (χ0) is 28.0. The Hall–Kier alpha value is -2.95. The zero-order valence-electron chi connectivity index (χ0n) is 21.4. The van der Waals surface area contributed by atoms with Gasteiger partial charge in [-0.05, 0) is 50.6 Å². The van der Waals surface area contributed by atoms with Gasteiger partial charge in [-0.1, -0.05) is 41.4 Å². The molecule has 0 aliphatic carbocycles. The molecule has 1 heterocycles. The average Bonchev–Trinajstić information content (AvgIpc) is 3.19. The summed E-state index contributed by atoms with van der Waals surface area (Å²) in [6.45, 7) is 5.59. The Morgan fingerprint density at radius 1 is 1.11 bits per heavy atom. The molecule has 204 valence electrons. The summed E-state index contributed by atoms with van der Waals surface area (Å²) in [7, 11) is 1.24. The number of nitrogens with zero attached hydrogens (tertiary/aromatic N) is 1. The molecule has 38 heavy (non-hydrogen) atoms. The van der Waals surface area contributed by atoms with Crippen molar-refractivity contribution >= 4 is 64.5 Å². The molecule has 2 atom stereocenters. The number of ether oxygens (including phenoxy) is 2. The molecule has 0 saturated carbocycles. The fourth-order valence-electron chi connectivity index (χ4n) is 4.04. The van der Waals surface area contributed by atoms with Crippen molar-refractivity contribution < 1.29 is 28.7 Å². The molecule has 2 aromatic rings. The molecule has 0 aromatic heterocycles. The smallest absolute Gasteiger partial charge is 0.411 e. The summed E-state index contributed by atoms with van der Waals surface area (Å²) in [6, 6.07) is 9.70. The Morgan fingerprint density at radius 3 is 2.32 bits per heavy atom. The van der Waals surface area contributed by atoms with Crippen LogP contribution < -0.4 is 10.6 Å². The van der Waals surface area contributed by atoms with Crippen molar-refractivity contribution in [2.45, 2.75) is 44.0 Å². The third-order valence-electron chi connectivity index (χ3n) is 5.94. The molecule has 2 aromatic carbocycles. The summed E-state index contributed by atoms with van der Waals surface area (Å²) in [5.74, 6) is -1.28. The van der Waals surface area contributed by atoms with Gasteiger partial charge in [0.05, 0.1) is 35.2 Å². The zero-order valence-corrected chi connectivity index (χ0v) is 23.7. The summed E-state index contributed by atoms with van der Waals surface area (Å²) < 4.78 is 9.43. The standard InChI is InChI=1S/C26H29Cl2N3O6S/c1-5-37-25(35)31-14-38-26(2,3)21(31)23(33)30-19(24(34)36-4)13-15-9-11-16(12-10-15)29-22(32)20-17(27)7-6-8-18(20)28/h6-12,19,21H,5,13-14H2,1-4H3,(H,29,32)(H,30,33)/t19-,21-/m0/s1. The highest BCUT2D eigenvalue weighted by molar-refractivity contribution is 8.00. The predicted octanol–water partition coefficient (Wildman–Crippen LogP) is 4.76. The van der Waals surface area contributed by atoms with E-state index < -0.39 is 40.7 Å². The molecule has 0 radical (unpaired) electrons. The van der Waals surface area contributed by atoms with E-state index in [1.165, 1.54) is 23.8 Å². The number of carbonyl (C=O) groups excluding carboxylic acids is 4. The van der Waals surface area contributed by atoms with Crippen LogP contribution >= 0.6 is 35.0 Å². The second-order valence-corrected chi connectivity index (χ2v) is 11.4. The van der Waals surface area contributed by atoms with E-state index in [0.717, 1.165) is 0 Å². The van der Waals surface area contributed by atoms with E-state index in [0.29, 0.717) is 17.1 Å². The van der Waals surface area contributed by atoms with Gasteiger partial charge in [0.15, 0.2) is 0 Å². The molecular formula is C26H29Cl2N3O6S. The quantitative estimate of drug-likeness (QED) is 0.432. The lowest BCUT2D eigenvalue weighted by molar-refractivity contribution is -0.145. The van der Waals surface area contributed by atoms with Crippen LogP contribution in [0.2, 0.25) is 10.0 Å². The van der Waals surface area contributed by atoms with Crippen LogP contribution in [0.25, 0.3) is 0 Å². The third-order valence-corrected chi connectivity index (χ3v) is 7.94. The summed E-state index contributed by atoms with van der Waals surface area (Å²) in [5.41, 5.74) is 1.36. The maximum atomic E-state index is 13.3. The number of hydrogen-bond donors (Lipinski definition) is 2. The van der Waals surface area contributed by atoms with E-state index in [9.17, 15) is 19.2 Å². The minimum atomic E-state index is -1.000. The maximum absolute atomic E-state index is 13.3. The van der Waals surface area contributed by atoms with Crippen LogP contribution in [0.3, 0.4) is 0 Å². The Bertz CT molecular complexity index is 1190. The van der Waals surface area contributed by atoms with E-state index >= 15 is 0 Å². The lowest BCUT2D eigenvalue weighted by Gasteiger charge is -2.31. The molecule has 1 aliphatic rings. The number of anilines is 1. The molecule has 1 aliphatic heterocycles. The van der Waals surface area contributed by atoms with Gasteiger partial charge in [-0.15, -0.1) is 11.8 Å². The fraction of sp³-hybridized carbons (Fsp3) is 0.385. The molecule has 12 heteroatoms. The van der Waals surface area contributed by atoms with E-state index in [-0.39, 0.29) is 28.6 Å². The number of benzene rings is 2. The number of halogens is 2. The number of hydrogen-bond acceptors (Lipinski definition) is 7. The van der Waals surface area contributed by atoms with Gasteiger partial charge in [0.25, 0.3) is 5.91 Å². The highest BCUT2D eigenvalue weighted by Crippen LogP contribution is 2.39. The largest absolute Gasteiger partial charge is 0.467 e. The first-order valence-electron chi connectivity index (χ1n) is 11.8. The lowest BCUT2D eigenvalue weighted by Crippen LogP contribution is -2.56. The average molecular weight is 583 g/mol. The second kappa shape index (κ2) is 12.7. The maximum Gasteiger partial charge on any atom is 0.411 e. The SMILES string of the molecule is CCOC(=O)N1CSC(C)(C)[C@@H]1C(=O)N[C@@H](Cc1ccc(NC(=O)c2c(Cl)cccc2Cl)cc1)C(=O)OC. The van der Waals surface area contributed by atoms with Crippen molar-refractivity contribution in [2.24, 2.45) is 0 Å². The van der Waals surface area contributed by atoms with Crippen molar-refractivity contribution in [3.8, 4) is 0 Å². The molecular weight excluding hydrogens is 553 g/mol. The molecule has 2 N–H and O–H groups in total. The number of esters is 1. The Balaban J connectivity index is 1.72. The number of carbonyl (C=O) groups is 4. The topological polar surface area (TPSA) is 114 Å². The van der Waals surface area contributed by atoms with Crippen molar-refractivity contribution in [3.63, 3.8) is 0 Å². The third kappa shape index (κ3) is 6.92. The summed E-state index contributed by atoms with van der Waals surface area (Å²) in [4.78, 5) is 52.3. The van der Waals surface area contributed by atoms with Crippen LogP contribution in [0.4, 0.5) is 10.5 Å². The van der Waals surface area contributed by atoms with Crippen molar-refractivity contribution in [1.82, 2.24) is 10.2 Å². The van der Waals surface area contributed by atoms with Gasteiger partial charge in [0, 0.05) is 16.9 Å². The van der Waals surface area contributed by atoms with Crippen molar-refractivity contribution in [2.75, 3.05) is 24.9 Å². The predicted molar refractivity (Wildman–Crippen MR) is 148 cm³/mol. The summed E-state index contributed by atoms with van der Waals surface area (Å²) in [5, 5.41) is 5.94. The Morgan fingerprint density at radius 2 is 1.74 bits per heavy atom. The molecule has 0 unspecified atom stereocenters. The van der Waals surface area contributed by atoms with Crippen molar-refractivity contribution in [1.29, 1.82) is 0 Å². The van der Waals surface area contributed by atoms with Crippen LogP contribution in [0, 0.1) is 0 Å². The minimum absolute atomic E-state index is 0.128. The van der Waals surface area contributed by atoms with Gasteiger partial charge in [-0.2, -0.15) is 0 Å². The second-order valence-electron chi connectivity index (χ2n) is 8.98. The first-order chi connectivity index (χ1) is 18.0. The van der Waals surface area contributed by atoms with E-state index in [1.54, 1.807) is 49.4 Å².